The predicted octanol–water partition coefficient (Wildman–Crippen LogP) is 2.70. The number of fused-ring (bicyclic) bond motifs is 2. The third kappa shape index (κ3) is 5.18. The van der Waals surface area contributed by atoms with E-state index in [-0.39, 0.29) is 39.8 Å². The highest BCUT2D eigenvalue weighted by Crippen LogP contribution is 2.42. The average molecular weight is 400 g/mol. The molecule has 9 nitrogen and oxygen atoms in total. The summed E-state index contributed by atoms with van der Waals surface area (Å²) in [6.45, 7) is 3.95. The smallest absolute Gasteiger partial charge is 0.213 e. The molecule has 3 rings (SSSR count). The zero-order valence-electron chi connectivity index (χ0n) is 16.6. The highest BCUT2D eigenvalue weighted by atomic mass is 16.6. The molecule has 0 aromatic carbocycles. The van der Waals surface area contributed by atoms with Gasteiger partial charge in [0.2, 0.25) is 12.1 Å². The zero-order chi connectivity index (χ0) is 20.1. The van der Waals surface area contributed by atoms with E-state index in [1.165, 1.54) is 0 Å². The Kier molecular flexibility index (Phi) is 7.59. The molecular formula is C19H32N2O7. The lowest BCUT2D eigenvalue weighted by Crippen LogP contribution is -2.47. The van der Waals surface area contributed by atoms with Crippen LogP contribution >= 0.6 is 0 Å². The van der Waals surface area contributed by atoms with Gasteiger partial charge in [-0.3, -0.25) is 20.2 Å². The Morgan fingerprint density at radius 1 is 0.821 bits per heavy atom. The van der Waals surface area contributed by atoms with Gasteiger partial charge in [0.15, 0.2) is 0 Å². The Balaban J connectivity index is 1.81. The van der Waals surface area contributed by atoms with E-state index in [4.69, 9.17) is 14.2 Å². The molecule has 7 unspecified atom stereocenters. The summed E-state index contributed by atoms with van der Waals surface area (Å²) >= 11 is 0. The van der Waals surface area contributed by atoms with Gasteiger partial charge < -0.3 is 14.2 Å². The molecule has 1 saturated heterocycles. The fourth-order valence-electron chi connectivity index (χ4n) is 5.38. The van der Waals surface area contributed by atoms with E-state index in [2.05, 4.69) is 6.92 Å². The van der Waals surface area contributed by atoms with E-state index in [1.807, 2.05) is 0 Å². The molecule has 3 aliphatic rings. The molecule has 2 saturated carbocycles. The second-order valence-electron chi connectivity index (χ2n) is 8.44. The van der Waals surface area contributed by atoms with Gasteiger partial charge in [0.05, 0.1) is 38.6 Å². The lowest BCUT2D eigenvalue weighted by atomic mass is 9.69. The fraction of sp³-hybridized carbons (Fsp3) is 1.00. The standard InChI is InChI=1S/C19H32N2O7/c1-2-13-10-17(21(24)25)12-15-9-14-11-16(20(22)23)3-4-18(14)27-7-5-26-6-8-28-19(13)15/h13-19H,2-12H2,1H3. The first-order valence-corrected chi connectivity index (χ1v) is 10.6. The lowest BCUT2D eigenvalue weighted by Gasteiger charge is -2.42. The van der Waals surface area contributed by atoms with Crippen LogP contribution in [0.4, 0.5) is 0 Å². The van der Waals surface area contributed by atoms with Crippen molar-refractivity contribution in [2.75, 3.05) is 26.4 Å². The number of nitrogens with zero attached hydrogens (tertiary/aromatic N) is 2. The van der Waals surface area contributed by atoms with Crippen LogP contribution in [0.1, 0.15) is 51.9 Å². The van der Waals surface area contributed by atoms with Crippen LogP contribution in [-0.4, -0.2) is 60.6 Å². The maximum absolute atomic E-state index is 11.5. The van der Waals surface area contributed by atoms with Crippen LogP contribution in [0, 0.1) is 38.0 Å². The molecule has 2 aliphatic carbocycles. The predicted molar refractivity (Wildman–Crippen MR) is 100 cm³/mol. The van der Waals surface area contributed by atoms with Crippen molar-refractivity contribution >= 4 is 0 Å². The largest absolute Gasteiger partial charge is 0.377 e. The van der Waals surface area contributed by atoms with E-state index >= 15 is 0 Å². The number of nitro groups is 2. The number of ether oxygens (including phenoxy) is 3. The first kappa shape index (κ1) is 21.4. The summed E-state index contributed by atoms with van der Waals surface area (Å²) in [6, 6.07) is -1.11. The molecule has 160 valence electrons. The highest BCUT2D eigenvalue weighted by Gasteiger charge is 2.46. The van der Waals surface area contributed by atoms with Crippen molar-refractivity contribution in [3.05, 3.63) is 20.2 Å². The first-order valence-electron chi connectivity index (χ1n) is 10.6. The maximum atomic E-state index is 11.5. The minimum absolute atomic E-state index is 0.0233. The molecule has 1 aliphatic heterocycles. The summed E-state index contributed by atoms with van der Waals surface area (Å²) < 4.78 is 17.8. The van der Waals surface area contributed by atoms with Crippen LogP contribution in [0.3, 0.4) is 0 Å². The molecule has 1 heterocycles. The van der Waals surface area contributed by atoms with E-state index in [9.17, 15) is 20.2 Å². The van der Waals surface area contributed by atoms with Gasteiger partial charge in [-0.25, -0.2) is 0 Å². The van der Waals surface area contributed by atoms with Gasteiger partial charge in [-0.2, -0.15) is 0 Å². The SMILES string of the molecule is CCC1CC([N+](=O)[O-])CC2CC3CC([N+](=O)[O-])CCC3OCCOCCOC12. The summed E-state index contributed by atoms with van der Waals surface area (Å²) in [5, 5.41) is 22.9. The van der Waals surface area contributed by atoms with Gasteiger partial charge in [0, 0.05) is 35.5 Å². The van der Waals surface area contributed by atoms with Gasteiger partial charge >= 0.3 is 0 Å². The van der Waals surface area contributed by atoms with Crippen molar-refractivity contribution in [1.29, 1.82) is 0 Å². The van der Waals surface area contributed by atoms with Gasteiger partial charge in [0.25, 0.3) is 0 Å². The van der Waals surface area contributed by atoms with Crippen LogP contribution in [0.15, 0.2) is 0 Å². The maximum Gasteiger partial charge on any atom is 0.213 e. The third-order valence-electron chi connectivity index (χ3n) is 6.79. The number of hydrogen-bond donors (Lipinski definition) is 0. The highest BCUT2D eigenvalue weighted by molar-refractivity contribution is 4.91. The van der Waals surface area contributed by atoms with Crippen molar-refractivity contribution in [3.8, 4) is 0 Å². The van der Waals surface area contributed by atoms with Crippen molar-refractivity contribution in [2.45, 2.75) is 76.2 Å². The van der Waals surface area contributed by atoms with Gasteiger partial charge in [-0.15, -0.1) is 0 Å². The van der Waals surface area contributed by atoms with Crippen molar-refractivity contribution in [1.82, 2.24) is 0 Å². The van der Waals surface area contributed by atoms with Crippen molar-refractivity contribution in [2.24, 2.45) is 17.8 Å². The van der Waals surface area contributed by atoms with Crippen LogP contribution in [0.25, 0.3) is 0 Å². The monoisotopic (exact) mass is 400 g/mol. The Morgan fingerprint density at radius 2 is 1.50 bits per heavy atom. The average Bonchev–Trinajstić information content (AvgIpc) is 2.67. The number of rotatable bonds is 3. The molecule has 0 amide bonds. The summed E-state index contributed by atoms with van der Waals surface area (Å²) in [6.07, 6.45) is 4.09. The van der Waals surface area contributed by atoms with Crippen LogP contribution in [-0.2, 0) is 14.2 Å². The normalized spacial score (nSPS) is 40.2. The minimum Gasteiger partial charge on any atom is -0.377 e. The van der Waals surface area contributed by atoms with Gasteiger partial charge in [-0.1, -0.05) is 13.3 Å². The zero-order valence-corrected chi connectivity index (χ0v) is 16.6. The van der Waals surface area contributed by atoms with Crippen LogP contribution in [0.2, 0.25) is 0 Å². The van der Waals surface area contributed by atoms with E-state index in [0.717, 1.165) is 6.42 Å². The van der Waals surface area contributed by atoms with Gasteiger partial charge in [0.1, 0.15) is 0 Å². The quantitative estimate of drug-likeness (QED) is 0.528. The molecule has 28 heavy (non-hydrogen) atoms. The van der Waals surface area contributed by atoms with E-state index in [0.29, 0.717) is 65.0 Å². The molecule has 0 N–H and O–H groups in total. The molecule has 9 heteroatoms. The molecule has 0 aromatic heterocycles. The summed E-state index contributed by atoms with van der Waals surface area (Å²) in [7, 11) is 0. The number of hydrogen-bond acceptors (Lipinski definition) is 7. The van der Waals surface area contributed by atoms with Crippen molar-refractivity contribution in [3.63, 3.8) is 0 Å². The van der Waals surface area contributed by atoms with Crippen LogP contribution < -0.4 is 0 Å². The minimum atomic E-state index is -0.562. The van der Waals surface area contributed by atoms with Crippen LogP contribution in [0.5, 0.6) is 0 Å². The molecule has 0 aromatic rings. The molecule has 0 radical (unpaired) electrons. The Labute approximate surface area is 165 Å². The topological polar surface area (TPSA) is 114 Å². The second-order valence-corrected chi connectivity index (χ2v) is 8.44. The Bertz CT molecular complexity index is 546. The Morgan fingerprint density at radius 3 is 2.18 bits per heavy atom. The van der Waals surface area contributed by atoms with E-state index in [1.54, 1.807) is 0 Å². The fourth-order valence-corrected chi connectivity index (χ4v) is 5.38. The molecule has 3 fully saturated rings. The van der Waals surface area contributed by atoms with Gasteiger partial charge in [-0.05, 0) is 30.6 Å². The molecular weight excluding hydrogens is 368 g/mol. The Hall–Kier alpha value is -1.32. The second kappa shape index (κ2) is 9.93. The molecule has 0 bridgehead atoms. The first-order chi connectivity index (χ1) is 13.5. The third-order valence-corrected chi connectivity index (χ3v) is 6.79. The summed E-state index contributed by atoms with van der Waals surface area (Å²) in [5.41, 5.74) is 0. The van der Waals surface area contributed by atoms with Crippen molar-refractivity contribution < 1.29 is 24.1 Å². The lowest BCUT2D eigenvalue weighted by molar-refractivity contribution is -0.532. The molecule has 7 atom stereocenters. The van der Waals surface area contributed by atoms with E-state index < -0.39 is 12.1 Å². The summed E-state index contributed by atoms with van der Waals surface area (Å²) in [4.78, 5) is 22.5. The molecule has 0 spiro atoms. The summed E-state index contributed by atoms with van der Waals surface area (Å²) in [5.74, 6) is 0.184.